The Hall–Kier alpha value is -1.47. The molecule has 0 atom stereocenters. The van der Waals surface area contributed by atoms with Crippen molar-refractivity contribution in [1.82, 2.24) is 0 Å². The van der Waals surface area contributed by atoms with Crippen molar-refractivity contribution in [2.45, 2.75) is 0 Å². The van der Waals surface area contributed by atoms with Crippen LogP contribution in [0.15, 0.2) is 39.3 Å². The van der Waals surface area contributed by atoms with E-state index in [1.807, 2.05) is 0 Å². The van der Waals surface area contributed by atoms with Gasteiger partial charge in [0.2, 0.25) is 5.82 Å². The Balaban J connectivity index is 2.50. The highest BCUT2D eigenvalue weighted by atomic mass is 79.9. The fourth-order valence-corrected chi connectivity index (χ4v) is 2.23. The quantitative estimate of drug-likeness (QED) is 0.730. The molecule has 2 aromatic carbocycles. The number of rotatable bonds is 3. The minimum absolute atomic E-state index is 0.0942. The van der Waals surface area contributed by atoms with Gasteiger partial charge in [-0.25, -0.2) is 9.18 Å². The first kappa shape index (κ1) is 14.9. The highest BCUT2D eigenvalue weighted by Crippen LogP contribution is 2.33. The van der Waals surface area contributed by atoms with Gasteiger partial charge in [0, 0.05) is 8.95 Å². The standard InChI is InChI=1S/C13H6Br2F2O3/c14-6-1-2-8(13(18)19)10(4-6)20-11-5-7(15)3-9(16)12(11)17/h1-5H,(H,18,19). The van der Waals surface area contributed by atoms with Gasteiger partial charge in [-0.3, -0.25) is 0 Å². The van der Waals surface area contributed by atoms with Crippen molar-refractivity contribution >= 4 is 37.8 Å². The molecule has 0 unspecified atom stereocenters. The molecule has 0 saturated heterocycles. The molecule has 0 aliphatic rings. The molecule has 1 N–H and O–H groups in total. The summed E-state index contributed by atoms with van der Waals surface area (Å²) in [4.78, 5) is 11.1. The number of benzene rings is 2. The Morgan fingerprint density at radius 1 is 1.05 bits per heavy atom. The van der Waals surface area contributed by atoms with Crippen LogP contribution in [0.25, 0.3) is 0 Å². The van der Waals surface area contributed by atoms with Crippen LogP contribution >= 0.6 is 31.9 Å². The molecule has 0 fully saturated rings. The molecule has 2 aromatic rings. The predicted molar refractivity (Wildman–Crippen MR) is 75.2 cm³/mol. The Kier molecular flexibility index (Phi) is 4.39. The van der Waals surface area contributed by atoms with Crippen LogP contribution in [0.3, 0.4) is 0 Å². The van der Waals surface area contributed by atoms with Gasteiger partial charge < -0.3 is 9.84 Å². The predicted octanol–water partition coefficient (Wildman–Crippen LogP) is 4.98. The van der Waals surface area contributed by atoms with Gasteiger partial charge in [-0.2, -0.15) is 4.39 Å². The number of carboxylic acids is 1. The van der Waals surface area contributed by atoms with Crippen LogP contribution in [0.4, 0.5) is 8.78 Å². The second kappa shape index (κ2) is 5.88. The summed E-state index contributed by atoms with van der Waals surface area (Å²) < 4.78 is 32.9. The fourth-order valence-electron chi connectivity index (χ4n) is 1.48. The third-order valence-corrected chi connectivity index (χ3v) is 3.30. The van der Waals surface area contributed by atoms with E-state index in [9.17, 15) is 13.6 Å². The van der Waals surface area contributed by atoms with Gasteiger partial charge in [-0.15, -0.1) is 0 Å². The maximum absolute atomic E-state index is 13.6. The molecule has 0 heterocycles. The van der Waals surface area contributed by atoms with Gasteiger partial charge in [-0.05, 0) is 30.3 Å². The first-order chi connectivity index (χ1) is 9.38. The van der Waals surface area contributed by atoms with E-state index in [-0.39, 0.29) is 15.8 Å². The van der Waals surface area contributed by atoms with Crippen LogP contribution in [0, 0.1) is 11.6 Å². The van der Waals surface area contributed by atoms with E-state index < -0.39 is 23.4 Å². The number of carbonyl (C=O) groups is 1. The number of hydrogen-bond acceptors (Lipinski definition) is 2. The van der Waals surface area contributed by atoms with Gasteiger partial charge in [0.25, 0.3) is 0 Å². The first-order valence-corrected chi connectivity index (χ1v) is 6.82. The lowest BCUT2D eigenvalue weighted by molar-refractivity contribution is 0.0694. The average Bonchev–Trinajstić information content (AvgIpc) is 2.35. The van der Waals surface area contributed by atoms with E-state index in [0.717, 1.165) is 6.07 Å². The van der Waals surface area contributed by atoms with E-state index in [1.54, 1.807) is 0 Å². The summed E-state index contributed by atoms with van der Waals surface area (Å²) >= 11 is 6.17. The molecular weight excluding hydrogens is 402 g/mol. The summed E-state index contributed by atoms with van der Waals surface area (Å²) in [5, 5.41) is 9.04. The van der Waals surface area contributed by atoms with Crippen molar-refractivity contribution in [3.05, 3.63) is 56.5 Å². The lowest BCUT2D eigenvalue weighted by Crippen LogP contribution is -2.01. The second-order valence-corrected chi connectivity index (χ2v) is 5.58. The summed E-state index contributed by atoms with van der Waals surface area (Å²) in [5.74, 6) is -4.02. The molecule has 0 radical (unpaired) electrons. The molecule has 7 heteroatoms. The van der Waals surface area contributed by atoms with Gasteiger partial charge in [-0.1, -0.05) is 31.9 Å². The SMILES string of the molecule is O=C(O)c1ccc(Br)cc1Oc1cc(Br)cc(F)c1F. The lowest BCUT2D eigenvalue weighted by Gasteiger charge is -2.10. The molecule has 0 spiro atoms. The zero-order chi connectivity index (χ0) is 14.9. The maximum atomic E-state index is 13.6. The summed E-state index contributed by atoms with van der Waals surface area (Å²) in [5.41, 5.74) is -0.159. The summed E-state index contributed by atoms with van der Waals surface area (Å²) in [6, 6.07) is 6.33. The zero-order valence-corrected chi connectivity index (χ0v) is 12.8. The number of ether oxygens (including phenoxy) is 1. The fraction of sp³-hybridized carbons (Fsp3) is 0. The molecule has 2 rings (SSSR count). The third-order valence-electron chi connectivity index (χ3n) is 2.35. The molecule has 0 saturated carbocycles. The van der Waals surface area contributed by atoms with Crippen molar-refractivity contribution in [2.24, 2.45) is 0 Å². The highest BCUT2D eigenvalue weighted by molar-refractivity contribution is 9.10. The number of halogens is 4. The topological polar surface area (TPSA) is 46.5 Å². The molecule has 0 bridgehead atoms. The Morgan fingerprint density at radius 3 is 2.35 bits per heavy atom. The van der Waals surface area contributed by atoms with Crippen molar-refractivity contribution in [1.29, 1.82) is 0 Å². The molecule has 0 aromatic heterocycles. The summed E-state index contributed by atoms with van der Waals surface area (Å²) in [7, 11) is 0. The average molecular weight is 408 g/mol. The van der Waals surface area contributed by atoms with Gasteiger partial charge >= 0.3 is 5.97 Å². The number of hydrogen-bond donors (Lipinski definition) is 1. The van der Waals surface area contributed by atoms with Crippen molar-refractivity contribution in [3.8, 4) is 11.5 Å². The number of aromatic carboxylic acids is 1. The van der Waals surface area contributed by atoms with Crippen molar-refractivity contribution in [3.63, 3.8) is 0 Å². The molecule has 104 valence electrons. The Labute approximate surface area is 129 Å². The van der Waals surface area contributed by atoms with Crippen LogP contribution in [0.1, 0.15) is 10.4 Å². The molecule has 0 aliphatic heterocycles. The van der Waals surface area contributed by atoms with Crippen LogP contribution in [0.2, 0.25) is 0 Å². The van der Waals surface area contributed by atoms with Crippen molar-refractivity contribution < 1.29 is 23.4 Å². The van der Waals surface area contributed by atoms with E-state index in [4.69, 9.17) is 9.84 Å². The van der Waals surface area contributed by atoms with Crippen LogP contribution in [-0.4, -0.2) is 11.1 Å². The van der Waals surface area contributed by atoms with E-state index >= 15 is 0 Å². The Bertz CT molecular complexity index is 690. The maximum Gasteiger partial charge on any atom is 0.339 e. The summed E-state index contributed by atoms with van der Waals surface area (Å²) in [6.45, 7) is 0. The van der Waals surface area contributed by atoms with Crippen molar-refractivity contribution in [2.75, 3.05) is 0 Å². The lowest BCUT2D eigenvalue weighted by atomic mass is 10.2. The summed E-state index contributed by atoms with van der Waals surface area (Å²) in [6.07, 6.45) is 0. The van der Waals surface area contributed by atoms with Gasteiger partial charge in [0.1, 0.15) is 11.3 Å². The number of carboxylic acid groups (broad SMARTS) is 1. The molecule has 20 heavy (non-hydrogen) atoms. The van der Waals surface area contributed by atoms with Gasteiger partial charge in [0.15, 0.2) is 11.6 Å². The van der Waals surface area contributed by atoms with Crippen LogP contribution < -0.4 is 4.74 Å². The normalized spacial score (nSPS) is 10.4. The van der Waals surface area contributed by atoms with E-state index in [1.165, 1.54) is 24.3 Å². The first-order valence-electron chi connectivity index (χ1n) is 5.23. The second-order valence-electron chi connectivity index (χ2n) is 3.75. The molecule has 3 nitrogen and oxygen atoms in total. The van der Waals surface area contributed by atoms with E-state index in [0.29, 0.717) is 4.47 Å². The zero-order valence-electron chi connectivity index (χ0n) is 9.66. The minimum Gasteiger partial charge on any atom is -0.478 e. The van der Waals surface area contributed by atoms with E-state index in [2.05, 4.69) is 31.9 Å². The van der Waals surface area contributed by atoms with Crippen LogP contribution in [0.5, 0.6) is 11.5 Å². The minimum atomic E-state index is -1.23. The smallest absolute Gasteiger partial charge is 0.339 e. The highest BCUT2D eigenvalue weighted by Gasteiger charge is 2.17. The van der Waals surface area contributed by atoms with Gasteiger partial charge in [0.05, 0.1) is 0 Å². The Morgan fingerprint density at radius 2 is 1.70 bits per heavy atom. The van der Waals surface area contributed by atoms with Crippen LogP contribution in [-0.2, 0) is 0 Å². The monoisotopic (exact) mass is 406 g/mol. The molecular formula is C13H6Br2F2O3. The molecule has 0 aliphatic carbocycles. The third kappa shape index (κ3) is 3.16. The largest absolute Gasteiger partial charge is 0.478 e. The molecule has 0 amide bonds.